The molecule has 76 valence electrons. The zero-order chi connectivity index (χ0) is 10.6. The minimum Gasteiger partial charge on any atom is -0.504 e. The molecule has 1 aromatic rings. The molecule has 0 aliphatic carbocycles. The van der Waals surface area contributed by atoms with Gasteiger partial charge in [0.1, 0.15) is 6.54 Å². The Labute approximate surface area is 80.9 Å². The number of carboxylic acid groups (broad SMARTS) is 1. The maximum atomic E-state index is 10.3. The second-order valence-corrected chi connectivity index (χ2v) is 2.63. The van der Waals surface area contributed by atoms with Crippen LogP contribution in [-0.2, 0) is 4.79 Å². The molecule has 0 fully saturated rings. The first-order valence-electron chi connectivity index (χ1n) is 3.96. The van der Waals surface area contributed by atoms with E-state index in [2.05, 4.69) is 5.32 Å². The van der Waals surface area contributed by atoms with E-state index in [1.807, 2.05) is 0 Å². The summed E-state index contributed by atoms with van der Waals surface area (Å²) in [6.07, 6.45) is 0. The van der Waals surface area contributed by atoms with E-state index in [9.17, 15) is 9.90 Å². The van der Waals surface area contributed by atoms with Gasteiger partial charge in [0, 0.05) is 11.8 Å². The number of phenols is 1. The van der Waals surface area contributed by atoms with Crippen LogP contribution in [0.25, 0.3) is 0 Å². The summed E-state index contributed by atoms with van der Waals surface area (Å²) >= 11 is 0. The third-order valence-corrected chi connectivity index (χ3v) is 1.62. The minimum absolute atomic E-state index is 0.0216. The van der Waals surface area contributed by atoms with Gasteiger partial charge in [-0.2, -0.15) is 0 Å². The van der Waals surface area contributed by atoms with Gasteiger partial charge in [-0.1, -0.05) is 0 Å². The van der Waals surface area contributed by atoms with Crippen LogP contribution in [0.15, 0.2) is 18.2 Å². The molecule has 5 nitrogen and oxygen atoms in total. The largest absolute Gasteiger partial charge is 0.504 e. The number of hydrogen-bond acceptors (Lipinski definition) is 4. The first-order chi connectivity index (χ1) is 6.63. The van der Waals surface area contributed by atoms with Gasteiger partial charge in [-0.3, -0.25) is 4.79 Å². The number of nitrogens with one attached hydrogen (secondary N) is 1. The summed E-state index contributed by atoms with van der Waals surface area (Å²) in [4.78, 5) is 10.3. The van der Waals surface area contributed by atoms with Crippen molar-refractivity contribution in [2.24, 2.45) is 0 Å². The second-order valence-electron chi connectivity index (χ2n) is 2.63. The Morgan fingerprint density at radius 3 is 2.86 bits per heavy atom. The molecular formula is C9H11NO4. The van der Waals surface area contributed by atoms with Gasteiger partial charge in [-0.05, 0) is 12.1 Å². The fourth-order valence-corrected chi connectivity index (χ4v) is 0.965. The zero-order valence-corrected chi connectivity index (χ0v) is 7.65. The molecule has 0 aromatic heterocycles. The van der Waals surface area contributed by atoms with Gasteiger partial charge in [-0.15, -0.1) is 0 Å². The van der Waals surface area contributed by atoms with E-state index in [0.717, 1.165) is 0 Å². The Bertz CT molecular complexity index is 338. The summed E-state index contributed by atoms with van der Waals surface area (Å²) < 4.78 is 4.86. The zero-order valence-electron chi connectivity index (χ0n) is 7.65. The number of aliphatic carboxylic acids is 1. The molecule has 0 unspecified atom stereocenters. The molecule has 14 heavy (non-hydrogen) atoms. The topological polar surface area (TPSA) is 78.8 Å². The third kappa shape index (κ3) is 2.55. The SMILES string of the molecule is COc1cc(NCC(=O)O)ccc1O. The Morgan fingerprint density at radius 1 is 1.57 bits per heavy atom. The molecule has 5 heteroatoms. The molecule has 0 spiro atoms. The summed E-state index contributed by atoms with van der Waals surface area (Å²) in [5, 5.41) is 20.3. The summed E-state index contributed by atoms with van der Waals surface area (Å²) in [6.45, 7) is -0.173. The van der Waals surface area contributed by atoms with Crippen LogP contribution < -0.4 is 10.1 Å². The minimum atomic E-state index is -0.947. The number of methoxy groups -OCH3 is 1. The lowest BCUT2D eigenvalue weighted by Crippen LogP contribution is -2.12. The Balaban J connectivity index is 2.74. The van der Waals surface area contributed by atoms with Crippen molar-refractivity contribution < 1.29 is 19.7 Å². The molecule has 1 rings (SSSR count). The maximum absolute atomic E-state index is 10.3. The van der Waals surface area contributed by atoms with Crippen LogP contribution in [0.1, 0.15) is 0 Å². The van der Waals surface area contributed by atoms with Crippen molar-refractivity contribution in [2.45, 2.75) is 0 Å². The van der Waals surface area contributed by atoms with Crippen molar-refractivity contribution >= 4 is 11.7 Å². The molecule has 0 aliphatic heterocycles. The lowest BCUT2D eigenvalue weighted by Gasteiger charge is -2.07. The van der Waals surface area contributed by atoms with Crippen LogP contribution >= 0.6 is 0 Å². The summed E-state index contributed by atoms with van der Waals surface area (Å²) in [5.41, 5.74) is 0.585. The summed E-state index contributed by atoms with van der Waals surface area (Å²) in [7, 11) is 1.43. The summed E-state index contributed by atoms with van der Waals surface area (Å²) in [6, 6.07) is 4.53. The molecule has 0 heterocycles. The molecule has 0 saturated carbocycles. The molecule has 0 radical (unpaired) electrons. The Morgan fingerprint density at radius 2 is 2.29 bits per heavy atom. The van der Waals surface area contributed by atoms with Crippen molar-refractivity contribution in [1.82, 2.24) is 0 Å². The average molecular weight is 197 g/mol. The predicted molar refractivity (Wildman–Crippen MR) is 50.8 cm³/mol. The lowest BCUT2D eigenvalue weighted by atomic mass is 10.3. The number of rotatable bonds is 4. The molecule has 0 saturated heterocycles. The van der Waals surface area contributed by atoms with E-state index in [1.54, 1.807) is 6.07 Å². The van der Waals surface area contributed by atoms with Gasteiger partial charge in [0.05, 0.1) is 7.11 Å². The predicted octanol–water partition coefficient (Wildman–Crippen LogP) is 0.897. The molecule has 1 aromatic carbocycles. The van der Waals surface area contributed by atoms with Crippen LogP contribution in [0, 0.1) is 0 Å². The van der Waals surface area contributed by atoms with Crippen molar-refractivity contribution in [3.8, 4) is 11.5 Å². The number of anilines is 1. The lowest BCUT2D eigenvalue weighted by molar-refractivity contribution is -0.134. The number of phenolic OH excluding ortho intramolecular Hbond substituents is 1. The molecule has 3 N–H and O–H groups in total. The quantitative estimate of drug-likeness (QED) is 0.625. The van der Waals surface area contributed by atoms with Gasteiger partial charge in [0.2, 0.25) is 0 Å². The van der Waals surface area contributed by atoms with E-state index in [0.29, 0.717) is 11.4 Å². The molecule has 0 atom stereocenters. The first kappa shape index (κ1) is 10.2. The van der Waals surface area contributed by atoms with Crippen molar-refractivity contribution in [2.75, 3.05) is 19.0 Å². The maximum Gasteiger partial charge on any atom is 0.322 e. The fourth-order valence-electron chi connectivity index (χ4n) is 0.965. The average Bonchev–Trinajstić information content (AvgIpc) is 2.16. The third-order valence-electron chi connectivity index (χ3n) is 1.62. The van der Waals surface area contributed by atoms with Gasteiger partial charge in [0.15, 0.2) is 11.5 Å². The number of benzene rings is 1. The van der Waals surface area contributed by atoms with Crippen LogP contribution in [0.5, 0.6) is 11.5 Å². The van der Waals surface area contributed by atoms with Gasteiger partial charge in [-0.25, -0.2) is 0 Å². The van der Waals surface area contributed by atoms with Gasteiger partial charge >= 0.3 is 5.97 Å². The standard InChI is InChI=1S/C9H11NO4/c1-14-8-4-6(2-3-7(8)11)10-5-9(12)13/h2-4,10-11H,5H2,1H3,(H,12,13). The second kappa shape index (κ2) is 4.36. The van der Waals surface area contributed by atoms with Crippen LogP contribution in [0.3, 0.4) is 0 Å². The Hall–Kier alpha value is -1.91. The monoisotopic (exact) mass is 197 g/mol. The highest BCUT2D eigenvalue weighted by molar-refractivity contribution is 5.73. The van der Waals surface area contributed by atoms with E-state index >= 15 is 0 Å². The molecule has 0 amide bonds. The number of ether oxygens (including phenoxy) is 1. The number of aromatic hydroxyl groups is 1. The van der Waals surface area contributed by atoms with Crippen LogP contribution in [-0.4, -0.2) is 29.8 Å². The van der Waals surface area contributed by atoms with Gasteiger partial charge < -0.3 is 20.3 Å². The van der Waals surface area contributed by atoms with Crippen molar-refractivity contribution in [3.05, 3.63) is 18.2 Å². The highest BCUT2D eigenvalue weighted by atomic mass is 16.5. The smallest absolute Gasteiger partial charge is 0.322 e. The van der Waals surface area contributed by atoms with E-state index in [-0.39, 0.29) is 12.3 Å². The molecule has 0 bridgehead atoms. The van der Waals surface area contributed by atoms with Crippen LogP contribution in [0.4, 0.5) is 5.69 Å². The van der Waals surface area contributed by atoms with Gasteiger partial charge in [0.25, 0.3) is 0 Å². The van der Waals surface area contributed by atoms with Crippen molar-refractivity contribution in [3.63, 3.8) is 0 Å². The Kier molecular flexibility index (Phi) is 3.17. The number of carboxylic acids is 1. The van der Waals surface area contributed by atoms with Crippen molar-refractivity contribution in [1.29, 1.82) is 0 Å². The summed E-state index contributed by atoms with van der Waals surface area (Å²) in [5.74, 6) is -0.620. The molecular weight excluding hydrogens is 186 g/mol. The van der Waals surface area contributed by atoms with E-state index in [4.69, 9.17) is 9.84 Å². The highest BCUT2D eigenvalue weighted by Crippen LogP contribution is 2.28. The fraction of sp³-hybridized carbons (Fsp3) is 0.222. The van der Waals surface area contributed by atoms with E-state index < -0.39 is 5.97 Å². The highest BCUT2D eigenvalue weighted by Gasteiger charge is 2.03. The molecule has 0 aliphatic rings. The van der Waals surface area contributed by atoms with Crippen LogP contribution in [0.2, 0.25) is 0 Å². The number of hydrogen-bond donors (Lipinski definition) is 3. The number of carbonyl (C=O) groups is 1. The van der Waals surface area contributed by atoms with E-state index in [1.165, 1.54) is 19.2 Å². The normalized spacial score (nSPS) is 9.50. The first-order valence-corrected chi connectivity index (χ1v) is 3.96.